The summed E-state index contributed by atoms with van der Waals surface area (Å²) < 4.78 is 0. The fraction of sp³-hybridized carbons (Fsp3) is 0.0500. The number of amides is 1. The molecule has 0 radical (unpaired) electrons. The number of halogens is 1. The van der Waals surface area contributed by atoms with Crippen molar-refractivity contribution in [1.29, 1.82) is 0 Å². The summed E-state index contributed by atoms with van der Waals surface area (Å²) in [6.45, 7) is 0. The van der Waals surface area contributed by atoms with Gasteiger partial charge in [0.15, 0.2) is 5.17 Å². The van der Waals surface area contributed by atoms with Gasteiger partial charge in [0, 0.05) is 12.1 Å². The molecule has 1 fully saturated rings. The second-order valence-electron chi connectivity index (χ2n) is 5.82. The highest BCUT2D eigenvalue weighted by molar-refractivity contribution is 8.18. The summed E-state index contributed by atoms with van der Waals surface area (Å²) in [6, 6.07) is 13.3. The summed E-state index contributed by atoms with van der Waals surface area (Å²) in [5.41, 5.74) is 0.880. The van der Waals surface area contributed by atoms with Gasteiger partial charge in [0.25, 0.3) is 5.91 Å². The Bertz CT molecular complexity index is 1030. The van der Waals surface area contributed by atoms with Crippen molar-refractivity contribution in [3.63, 3.8) is 0 Å². The van der Waals surface area contributed by atoms with Crippen molar-refractivity contribution in [2.45, 2.75) is 0 Å². The molecule has 0 atom stereocenters. The van der Waals surface area contributed by atoms with Gasteiger partial charge in [-0.1, -0.05) is 41.9 Å². The number of benzene rings is 2. The van der Waals surface area contributed by atoms with E-state index in [1.165, 1.54) is 17.0 Å². The number of carbonyl (C=O) groups excluding carboxylic acids is 1. The molecule has 2 N–H and O–H groups in total. The third-order valence-electron chi connectivity index (χ3n) is 3.80. The number of aliphatic imine (C=N–C) groups is 1. The maximum atomic E-state index is 12.5. The van der Waals surface area contributed by atoms with Crippen molar-refractivity contribution < 1.29 is 19.8 Å². The van der Waals surface area contributed by atoms with E-state index in [2.05, 4.69) is 4.99 Å². The minimum absolute atomic E-state index is 0.139. The van der Waals surface area contributed by atoms with Gasteiger partial charge in [-0.2, -0.15) is 0 Å². The zero-order valence-corrected chi connectivity index (χ0v) is 16.2. The lowest BCUT2D eigenvalue weighted by Gasteiger charge is -2.08. The zero-order chi connectivity index (χ0) is 20.3. The molecule has 1 aliphatic rings. The van der Waals surface area contributed by atoms with Crippen LogP contribution in [0, 0.1) is 0 Å². The highest BCUT2D eigenvalue weighted by Gasteiger charge is 2.31. The molecule has 142 valence electrons. The number of carboxylic acid groups (broad SMARTS) is 1. The Morgan fingerprint density at radius 3 is 2.61 bits per heavy atom. The van der Waals surface area contributed by atoms with E-state index in [1.54, 1.807) is 19.2 Å². The standard InChI is InChI=1S/C20H15ClN2O4S/c1-23-18(25)17(10-13(21)9-12-5-3-2-4-6-12)28-20(23)22-16-8-7-14(24)11-15(16)19(26)27/h2-11,24H,1H3,(H,26,27)/b13-9-,17-10-,22-20?. The third kappa shape index (κ3) is 4.44. The van der Waals surface area contributed by atoms with E-state index in [1.807, 2.05) is 30.3 Å². The van der Waals surface area contributed by atoms with Crippen LogP contribution in [-0.2, 0) is 4.79 Å². The number of allylic oxidation sites excluding steroid dienone is 2. The largest absolute Gasteiger partial charge is 0.508 e. The lowest BCUT2D eigenvalue weighted by atomic mass is 10.2. The predicted molar refractivity (Wildman–Crippen MR) is 111 cm³/mol. The van der Waals surface area contributed by atoms with Crippen LogP contribution in [0.3, 0.4) is 0 Å². The summed E-state index contributed by atoms with van der Waals surface area (Å²) in [7, 11) is 1.55. The van der Waals surface area contributed by atoms with Crippen LogP contribution < -0.4 is 0 Å². The Balaban J connectivity index is 1.91. The number of carbonyl (C=O) groups is 2. The molecule has 1 aliphatic heterocycles. The second kappa shape index (κ2) is 8.33. The first kappa shape index (κ1) is 19.7. The molecule has 3 rings (SSSR count). The van der Waals surface area contributed by atoms with Crippen molar-refractivity contribution in [1.82, 2.24) is 4.90 Å². The van der Waals surface area contributed by atoms with Gasteiger partial charge < -0.3 is 10.2 Å². The number of phenols is 1. The van der Waals surface area contributed by atoms with Crippen LogP contribution >= 0.6 is 23.4 Å². The number of rotatable bonds is 4. The van der Waals surface area contributed by atoms with Gasteiger partial charge >= 0.3 is 5.97 Å². The maximum Gasteiger partial charge on any atom is 0.338 e. The Morgan fingerprint density at radius 2 is 1.93 bits per heavy atom. The van der Waals surface area contributed by atoms with Crippen LogP contribution in [0.2, 0.25) is 0 Å². The van der Waals surface area contributed by atoms with Crippen LogP contribution in [0.4, 0.5) is 5.69 Å². The van der Waals surface area contributed by atoms with Gasteiger partial charge in [0.2, 0.25) is 0 Å². The van der Waals surface area contributed by atoms with Crippen molar-refractivity contribution in [3.05, 3.63) is 75.7 Å². The zero-order valence-electron chi connectivity index (χ0n) is 14.7. The molecule has 1 amide bonds. The van der Waals surface area contributed by atoms with Crippen LogP contribution in [0.5, 0.6) is 5.75 Å². The van der Waals surface area contributed by atoms with Crippen LogP contribution in [0.15, 0.2) is 69.5 Å². The molecule has 0 saturated carbocycles. The number of aromatic hydroxyl groups is 1. The summed E-state index contributed by atoms with van der Waals surface area (Å²) in [6.07, 6.45) is 3.29. The number of thioether (sulfide) groups is 1. The lowest BCUT2D eigenvalue weighted by Crippen LogP contribution is -2.23. The summed E-state index contributed by atoms with van der Waals surface area (Å²) in [4.78, 5) is 29.8. The van der Waals surface area contributed by atoms with Crippen molar-refractivity contribution in [3.8, 4) is 5.75 Å². The van der Waals surface area contributed by atoms with Gasteiger partial charge in [-0.25, -0.2) is 9.79 Å². The number of phenolic OH excluding ortho intramolecular Hbond substituents is 1. The van der Waals surface area contributed by atoms with Crippen LogP contribution in [0.1, 0.15) is 15.9 Å². The molecular weight excluding hydrogens is 400 g/mol. The molecule has 0 aromatic heterocycles. The molecule has 0 aliphatic carbocycles. The number of carboxylic acids is 1. The van der Waals surface area contributed by atoms with E-state index in [9.17, 15) is 19.8 Å². The fourth-order valence-electron chi connectivity index (χ4n) is 2.42. The molecule has 28 heavy (non-hydrogen) atoms. The van der Waals surface area contributed by atoms with Gasteiger partial charge in [0.1, 0.15) is 5.75 Å². The molecular formula is C20H15ClN2O4S. The maximum absolute atomic E-state index is 12.5. The minimum atomic E-state index is -1.23. The predicted octanol–water partition coefficient (Wildman–Crippen LogP) is 4.45. The number of likely N-dealkylation sites (N-methyl/N-ethyl adjacent to an activating group) is 1. The molecule has 2 aromatic carbocycles. The fourth-order valence-corrected chi connectivity index (χ4v) is 3.69. The minimum Gasteiger partial charge on any atom is -0.508 e. The number of nitrogens with zero attached hydrogens (tertiary/aromatic N) is 2. The first-order valence-electron chi connectivity index (χ1n) is 8.10. The number of aromatic carboxylic acids is 1. The van der Waals surface area contributed by atoms with Crippen molar-refractivity contribution >= 4 is 52.2 Å². The first-order valence-corrected chi connectivity index (χ1v) is 9.29. The second-order valence-corrected chi connectivity index (χ2v) is 7.26. The molecule has 0 bridgehead atoms. The molecule has 0 spiro atoms. The number of hydrogen-bond acceptors (Lipinski definition) is 5. The molecule has 1 saturated heterocycles. The number of hydrogen-bond donors (Lipinski definition) is 2. The quantitative estimate of drug-likeness (QED) is 0.721. The molecule has 2 aromatic rings. The SMILES string of the molecule is CN1C(=O)/C(=C/C(Cl)=C/c2ccccc2)SC1=Nc1ccc(O)cc1C(=O)O. The van der Waals surface area contributed by atoms with Gasteiger partial charge in [-0.3, -0.25) is 9.69 Å². The average Bonchev–Trinajstić information content (AvgIpc) is 2.91. The van der Waals surface area contributed by atoms with E-state index >= 15 is 0 Å². The third-order valence-corrected chi connectivity index (χ3v) is 5.08. The monoisotopic (exact) mass is 414 g/mol. The topological polar surface area (TPSA) is 90.2 Å². The van der Waals surface area contributed by atoms with E-state index in [4.69, 9.17) is 11.6 Å². The van der Waals surface area contributed by atoms with Gasteiger partial charge in [-0.05, 0) is 47.7 Å². The summed E-state index contributed by atoms with van der Waals surface area (Å²) >= 11 is 7.35. The first-order chi connectivity index (χ1) is 13.3. The van der Waals surface area contributed by atoms with Crippen molar-refractivity contribution in [2.24, 2.45) is 4.99 Å². The van der Waals surface area contributed by atoms with Crippen LogP contribution in [-0.4, -0.2) is 39.2 Å². The highest BCUT2D eigenvalue weighted by atomic mass is 35.5. The van der Waals surface area contributed by atoms with E-state index < -0.39 is 5.97 Å². The Labute approximate surface area is 170 Å². The Morgan fingerprint density at radius 1 is 1.21 bits per heavy atom. The van der Waals surface area contributed by atoms with Crippen molar-refractivity contribution in [2.75, 3.05) is 7.05 Å². The Kier molecular flexibility index (Phi) is 5.87. The van der Waals surface area contributed by atoms with E-state index in [0.717, 1.165) is 23.4 Å². The van der Waals surface area contributed by atoms with Crippen LogP contribution in [0.25, 0.3) is 6.08 Å². The molecule has 1 heterocycles. The lowest BCUT2D eigenvalue weighted by molar-refractivity contribution is -0.121. The van der Waals surface area contributed by atoms with E-state index in [-0.39, 0.29) is 22.9 Å². The van der Waals surface area contributed by atoms with Gasteiger partial charge in [0.05, 0.1) is 16.2 Å². The van der Waals surface area contributed by atoms with Gasteiger partial charge in [-0.15, -0.1) is 0 Å². The molecule has 0 unspecified atom stereocenters. The summed E-state index contributed by atoms with van der Waals surface area (Å²) in [5.74, 6) is -1.70. The van der Waals surface area contributed by atoms with E-state index in [0.29, 0.717) is 15.1 Å². The molecule has 8 heteroatoms. The average molecular weight is 415 g/mol. The number of amidine groups is 1. The Hall–Kier alpha value is -3.03. The highest BCUT2D eigenvalue weighted by Crippen LogP contribution is 2.34. The smallest absolute Gasteiger partial charge is 0.338 e. The molecule has 6 nitrogen and oxygen atoms in total. The summed E-state index contributed by atoms with van der Waals surface area (Å²) in [5, 5.41) is 19.5. The normalized spacial score (nSPS) is 17.6.